The maximum absolute atomic E-state index is 9.38. The molecular weight excluding hydrogens is 424 g/mol. The molecule has 1 heterocycles. The SMILES string of the molecule is C=CCN(C)C[C@H]1C[C@@H](c2ccc(CO)cc2)O[C@@H](c2ccc(-c3cccc(CN)c3)cc2)O1. The highest BCUT2D eigenvalue weighted by molar-refractivity contribution is 5.64. The normalized spacial score (nSPS) is 20.4. The van der Waals surface area contributed by atoms with Gasteiger partial charge in [0.05, 0.1) is 18.8 Å². The van der Waals surface area contributed by atoms with E-state index in [-0.39, 0.29) is 18.8 Å². The molecule has 4 rings (SSSR count). The Kier molecular flexibility index (Phi) is 8.27. The van der Waals surface area contributed by atoms with E-state index in [4.69, 9.17) is 15.2 Å². The van der Waals surface area contributed by atoms with Crippen LogP contribution >= 0.6 is 0 Å². The van der Waals surface area contributed by atoms with Gasteiger partial charge in [-0.05, 0) is 40.9 Å². The Labute approximate surface area is 202 Å². The summed E-state index contributed by atoms with van der Waals surface area (Å²) >= 11 is 0. The second kappa shape index (κ2) is 11.6. The lowest BCUT2D eigenvalue weighted by atomic mass is 9.99. The van der Waals surface area contributed by atoms with E-state index in [9.17, 15) is 5.11 Å². The molecule has 0 saturated carbocycles. The summed E-state index contributed by atoms with van der Waals surface area (Å²) in [6.45, 7) is 6.00. The highest BCUT2D eigenvalue weighted by atomic mass is 16.7. The average Bonchev–Trinajstić information content (AvgIpc) is 2.89. The summed E-state index contributed by atoms with van der Waals surface area (Å²) in [6.07, 6.45) is 2.14. The fourth-order valence-corrected chi connectivity index (χ4v) is 4.39. The third-order valence-corrected chi connectivity index (χ3v) is 6.25. The van der Waals surface area contributed by atoms with E-state index in [1.54, 1.807) is 0 Å². The van der Waals surface area contributed by atoms with Crippen molar-refractivity contribution >= 4 is 0 Å². The van der Waals surface area contributed by atoms with Gasteiger partial charge in [-0.25, -0.2) is 0 Å². The van der Waals surface area contributed by atoms with Crippen LogP contribution in [0.2, 0.25) is 0 Å². The summed E-state index contributed by atoms with van der Waals surface area (Å²) in [5.74, 6) is 0. The van der Waals surface area contributed by atoms with Crippen molar-refractivity contribution in [2.24, 2.45) is 5.73 Å². The molecule has 0 radical (unpaired) electrons. The van der Waals surface area contributed by atoms with Crippen molar-refractivity contribution in [1.82, 2.24) is 4.90 Å². The zero-order valence-corrected chi connectivity index (χ0v) is 19.8. The van der Waals surface area contributed by atoms with Gasteiger partial charge in [0.1, 0.15) is 0 Å². The molecule has 0 amide bonds. The molecule has 1 saturated heterocycles. The first-order valence-electron chi connectivity index (χ1n) is 11.8. The van der Waals surface area contributed by atoms with E-state index in [1.807, 2.05) is 42.5 Å². The van der Waals surface area contributed by atoms with E-state index in [0.717, 1.165) is 52.9 Å². The van der Waals surface area contributed by atoms with Crippen LogP contribution in [0.15, 0.2) is 85.5 Å². The lowest BCUT2D eigenvalue weighted by Gasteiger charge is -2.37. The minimum Gasteiger partial charge on any atom is -0.392 e. The van der Waals surface area contributed by atoms with Crippen LogP contribution in [0.4, 0.5) is 0 Å². The van der Waals surface area contributed by atoms with Gasteiger partial charge < -0.3 is 25.2 Å². The molecule has 3 atom stereocenters. The molecule has 0 spiro atoms. The molecule has 1 aliphatic heterocycles. The third-order valence-electron chi connectivity index (χ3n) is 6.25. The highest BCUT2D eigenvalue weighted by Gasteiger charge is 2.32. The second-order valence-corrected chi connectivity index (χ2v) is 8.89. The average molecular weight is 459 g/mol. The minimum absolute atomic E-state index is 0.0205. The molecule has 1 aliphatic rings. The number of rotatable bonds is 9. The van der Waals surface area contributed by atoms with Gasteiger partial charge in [-0.1, -0.05) is 72.8 Å². The number of nitrogens with two attached hydrogens (primary N) is 1. The highest BCUT2D eigenvalue weighted by Crippen LogP contribution is 2.38. The number of hydrogen-bond acceptors (Lipinski definition) is 5. The first-order valence-corrected chi connectivity index (χ1v) is 11.8. The van der Waals surface area contributed by atoms with E-state index in [1.165, 1.54) is 0 Å². The summed E-state index contributed by atoms with van der Waals surface area (Å²) in [6, 6.07) is 24.7. The first kappa shape index (κ1) is 24.3. The first-order chi connectivity index (χ1) is 16.6. The molecule has 3 aromatic rings. The topological polar surface area (TPSA) is 68.0 Å². The molecule has 34 heavy (non-hydrogen) atoms. The van der Waals surface area contributed by atoms with Crippen LogP contribution in [0.25, 0.3) is 11.1 Å². The zero-order valence-electron chi connectivity index (χ0n) is 19.8. The fourth-order valence-electron chi connectivity index (χ4n) is 4.39. The van der Waals surface area contributed by atoms with Crippen LogP contribution in [0, 0.1) is 0 Å². The maximum Gasteiger partial charge on any atom is 0.184 e. The Morgan fingerprint density at radius 1 is 0.971 bits per heavy atom. The predicted molar refractivity (Wildman–Crippen MR) is 136 cm³/mol. The molecule has 3 aromatic carbocycles. The van der Waals surface area contributed by atoms with Crippen LogP contribution in [-0.2, 0) is 22.6 Å². The summed E-state index contributed by atoms with van der Waals surface area (Å²) in [5, 5.41) is 9.38. The number of nitrogens with zero attached hydrogens (tertiary/aromatic N) is 1. The van der Waals surface area contributed by atoms with E-state index in [0.29, 0.717) is 6.54 Å². The summed E-state index contributed by atoms with van der Waals surface area (Å²) in [4.78, 5) is 2.21. The molecule has 0 aliphatic carbocycles. The van der Waals surface area contributed by atoms with Gasteiger partial charge in [0.25, 0.3) is 0 Å². The molecule has 0 aromatic heterocycles. The number of aliphatic hydroxyl groups excluding tert-OH is 1. The van der Waals surface area contributed by atoms with Crippen LogP contribution in [0.5, 0.6) is 0 Å². The van der Waals surface area contributed by atoms with Crippen LogP contribution in [0.3, 0.4) is 0 Å². The molecule has 5 nitrogen and oxygen atoms in total. The molecule has 5 heteroatoms. The van der Waals surface area contributed by atoms with Gasteiger partial charge >= 0.3 is 0 Å². The maximum atomic E-state index is 9.38. The van der Waals surface area contributed by atoms with E-state index in [2.05, 4.69) is 54.9 Å². The number of hydrogen-bond donors (Lipinski definition) is 2. The lowest BCUT2D eigenvalue weighted by Crippen LogP contribution is -2.37. The van der Waals surface area contributed by atoms with E-state index < -0.39 is 6.29 Å². The largest absolute Gasteiger partial charge is 0.392 e. The van der Waals surface area contributed by atoms with Crippen LogP contribution in [-0.4, -0.2) is 36.2 Å². The van der Waals surface area contributed by atoms with Gasteiger partial charge in [0.2, 0.25) is 0 Å². The molecule has 0 unspecified atom stereocenters. The van der Waals surface area contributed by atoms with Gasteiger partial charge in [-0.2, -0.15) is 0 Å². The Bertz CT molecular complexity index is 1070. The van der Waals surface area contributed by atoms with Gasteiger partial charge in [-0.15, -0.1) is 6.58 Å². The summed E-state index contributed by atoms with van der Waals surface area (Å²) in [5.41, 5.74) is 12.2. The van der Waals surface area contributed by atoms with Crippen LogP contribution in [0.1, 0.15) is 41.1 Å². The van der Waals surface area contributed by atoms with Crippen molar-refractivity contribution in [3.63, 3.8) is 0 Å². The van der Waals surface area contributed by atoms with E-state index >= 15 is 0 Å². The quantitative estimate of drug-likeness (QED) is 0.443. The number of ether oxygens (including phenoxy) is 2. The van der Waals surface area contributed by atoms with Crippen molar-refractivity contribution in [3.8, 4) is 11.1 Å². The molecule has 3 N–H and O–H groups in total. The van der Waals surface area contributed by atoms with Crippen molar-refractivity contribution in [2.45, 2.75) is 38.1 Å². The molecule has 178 valence electrons. The molecular formula is C29H34N2O3. The smallest absolute Gasteiger partial charge is 0.184 e. The summed E-state index contributed by atoms with van der Waals surface area (Å²) < 4.78 is 12.9. The summed E-state index contributed by atoms with van der Waals surface area (Å²) in [7, 11) is 2.07. The fraction of sp³-hybridized carbons (Fsp3) is 0.310. The van der Waals surface area contributed by atoms with Crippen molar-refractivity contribution in [1.29, 1.82) is 0 Å². The Morgan fingerprint density at radius 3 is 2.38 bits per heavy atom. The van der Waals surface area contributed by atoms with Gasteiger partial charge in [-0.3, -0.25) is 0 Å². The predicted octanol–water partition coefficient (Wildman–Crippen LogP) is 4.97. The van der Waals surface area contributed by atoms with Crippen molar-refractivity contribution in [2.75, 3.05) is 20.1 Å². The van der Waals surface area contributed by atoms with Crippen molar-refractivity contribution < 1.29 is 14.6 Å². The van der Waals surface area contributed by atoms with Crippen LogP contribution < -0.4 is 5.73 Å². The Morgan fingerprint density at radius 2 is 1.71 bits per heavy atom. The Balaban J connectivity index is 1.55. The Hall–Kier alpha value is -2.80. The van der Waals surface area contributed by atoms with Gasteiger partial charge in [0.15, 0.2) is 6.29 Å². The minimum atomic E-state index is -0.456. The number of benzene rings is 3. The third kappa shape index (κ3) is 6.00. The second-order valence-electron chi connectivity index (χ2n) is 8.89. The number of likely N-dealkylation sites (N-methyl/N-ethyl adjacent to an activating group) is 1. The monoisotopic (exact) mass is 458 g/mol. The zero-order chi connectivity index (χ0) is 23.9. The standard InChI is InChI=1S/C29H34N2O3/c1-3-15-31(2)19-27-17-28(24-9-7-21(20-32)8-10-24)34-29(33-27)25-13-11-23(12-14-25)26-6-4-5-22(16-26)18-30/h3-14,16,27-29,32H,1,15,17-20,30H2,2H3/t27-,28+,29+/m1/s1. The van der Waals surface area contributed by atoms with Crippen molar-refractivity contribution in [3.05, 3.63) is 108 Å². The molecule has 0 bridgehead atoms. The van der Waals surface area contributed by atoms with Gasteiger partial charge in [0, 0.05) is 31.6 Å². The number of aliphatic hydroxyl groups is 1. The molecule has 1 fully saturated rings. The lowest BCUT2D eigenvalue weighted by molar-refractivity contribution is -0.252.